The van der Waals surface area contributed by atoms with Crippen LogP contribution in [0.2, 0.25) is 0 Å². The lowest BCUT2D eigenvalue weighted by Crippen LogP contribution is -2.56. The summed E-state index contributed by atoms with van der Waals surface area (Å²) in [5, 5.41) is 5.81. The van der Waals surface area contributed by atoms with Gasteiger partial charge in [0.1, 0.15) is 17.7 Å². The zero-order valence-corrected chi connectivity index (χ0v) is 24.2. The summed E-state index contributed by atoms with van der Waals surface area (Å²) in [4.78, 5) is 41.8. The summed E-state index contributed by atoms with van der Waals surface area (Å²) in [6, 6.07) is 3.86. The molecule has 1 rings (SSSR count). The number of hydrogen-bond acceptors (Lipinski definition) is 5. The lowest BCUT2D eigenvalue weighted by Gasteiger charge is -2.38. The predicted octanol–water partition coefficient (Wildman–Crippen LogP) is 5.14. The van der Waals surface area contributed by atoms with Gasteiger partial charge < -0.3 is 20.3 Å². The van der Waals surface area contributed by atoms with E-state index in [2.05, 4.69) is 10.6 Å². The highest BCUT2D eigenvalue weighted by molar-refractivity contribution is 7.98. The van der Waals surface area contributed by atoms with Gasteiger partial charge in [0.05, 0.1) is 0 Å². The Labute approximate surface area is 216 Å². The van der Waals surface area contributed by atoms with Crippen molar-refractivity contribution in [3.63, 3.8) is 0 Å². The van der Waals surface area contributed by atoms with Crippen LogP contribution in [-0.2, 0) is 14.3 Å². The number of aryl methyl sites for hydroxylation is 2. The molecule has 1 aromatic carbocycles. The molecule has 1 aromatic rings. The third-order valence-electron chi connectivity index (χ3n) is 5.28. The maximum Gasteiger partial charge on any atom is 0.408 e. The van der Waals surface area contributed by atoms with Gasteiger partial charge in [-0.25, -0.2) is 4.79 Å². The maximum absolute atomic E-state index is 14.0. The van der Waals surface area contributed by atoms with E-state index >= 15 is 0 Å². The summed E-state index contributed by atoms with van der Waals surface area (Å²) >= 11 is 1.59. The Balaban J connectivity index is 3.51. The first-order chi connectivity index (χ1) is 16.0. The number of hydrogen-bond donors (Lipinski definition) is 2. The predicted molar refractivity (Wildman–Crippen MR) is 145 cm³/mol. The van der Waals surface area contributed by atoms with Crippen LogP contribution in [0.15, 0.2) is 18.2 Å². The second kappa shape index (κ2) is 12.7. The Morgan fingerprint density at radius 3 is 2.09 bits per heavy atom. The molecule has 0 fully saturated rings. The van der Waals surface area contributed by atoms with Crippen LogP contribution in [0.25, 0.3) is 0 Å². The van der Waals surface area contributed by atoms with Crippen LogP contribution in [0.5, 0.6) is 0 Å². The van der Waals surface area contributed by atoms with Gasteiger partial charge in [-0.1, -0.05) is 18.2 Å². The fraction of sp³-hybridized carbons (Fsp3) is 0.667. The second-order valence-corrected chi connectivity index (χ2v) is 12.3. The lowest BCUT2D eigenvalue weighted by atomic mass is 9.96. The number of benzene rings is 1. The average molecular weight is 508 g/mol. The summed E-state index contributed by atoms with van der Waals surface area (Å²) in [6.45, 7) is 18.8. The number of carbonyl (C=O) groups excluding carboxylic acids is 3. The third kappa shape index (κ3) is 10.1. The first-order valence-corrected chi connectivity index (χ1v) is 13.6. The van der Waals surface area contributed by atoms with Gasteiger partial charge in [-0.15, -0.1) is 0 Å². The summed E-state index contributed by atoms with van der Waals surface area (Å²) in [5.41, 5.74) is 1.71. The van der Waals surface area contributed by atoms with Crippen LogP contribution in [-0.4, -0.2) is 58.0 Å². The van der Waals surface area contributed by atoms with E-state index in [9.17, 15) is 14.4 Å². The molecule has 0 aliphatic heterocycles. The number of rotatable bonds is 9. The molecular weight excluding hydrogens is 462 g/mol. The highest BCUT2D eigenvalue weighted by Crippen LogP contribution is 2.28. The largest absolute Gasteiger partial charge is 0.444 e. The SMILES string of the molecule is CSCCC(NC(=O)OC(C)(C)C)C(=O)N(C(C)C)C(C(=O)NC(C)(C)C)c1ccc(C)c(C)c1. The third-order valence-corrected chi connectivity index (χ3v) is 5.93. The molecule has 2 unspecified atom stereocenters. The van der Waals surface area contributed by atoms with Gasteiger partial charge in [-0.2, -0.15) is 11.8 Å². The van der Waals surface area contributed by atoms with Crippen LogP contribution >= 0.6 is 11.8 Å². The van der Waals surface area contributed by atoms with E-state index in [0.29, 0.717) is 12.2 Å². The number of alkyl carbamates (subject to hydrolysis) is 1. The number of amides is 3. The van der Waals surface area contributed by atoms with E-state index in [0.717, 1.165) is 16.7 Å². The molecule has 198 valence electrons. The van der Waals surface area contributed by atoms with Crippen molar-refractivity contribution in [3.8, 4) is 0 Å². The van der Waals surface area contributed by atoms with Crippen molar-refractivity contribution in [2.75, 3.05) is 12.0 Å². The van der Waals surface area contributed by atoms with Crippen molar-refractivity contribution in [1.29, 1.82) is 0 Å². The molecule has 0 aromatic heterocycles. The molecule has 3 amide bonds. The number of thioether (sulfide) groups is 1. The van der Waals surface area contributed by atoms with Crippen LogP contribution in [0.1, 0.15) is 84.5 Å². The van der Waals surface area contributed by atoms with Gasteiger partial charge in [-0.3, -0.25) is 9.59 Å². The number of ether oxygens (including phenoxy) is 1. The minimum atomic E-state index is -0.849. The minimum Gasteiger partial charge on any atom is -0.444 e. The van der Waals surface area contributed by atoms with Crippen LogP contribution in [0.3, 0.4) is 0 Å². The van der Waals surface area contributed by atoms with E-state index in [4.69, 9.17) is 4.74 Å². The maximum atomic E-state index is 14.0. The van der Waals surface area contributed by atoms with E-state index in [-0.39, 0.29) is 17.9 Å². The van der Waals surface area contributed by atoms with Gasteiger partial charge in [0.2, 0.25) is 11.8 Å². The Kier molecular flexibility index (Phi) is 11.1. The standard InChI is InChI=1S/C27H45N3O4S/c1-17(2)30(24(32)21(14-15-35-11)28-25(33)34-27(8,9)10)22(23(31)29-26(5,6)7)20-13-12-18(3)19(4)16-20/h12-13,16-17,21-22H,14-15H2,1-11H3,(H,28,33)(H,29,31). The molecule has 0 saturated heterocycles. The summed E-state index contributed by atoms with van der Waals surface area (Å²) < 4.78 is 5.42. The molecule has 7 nitrogen and oxygen atoms in total. The lowest BCUT2D eigenvalue weighted by molar-refractivity contribution is -0.145. The second-order valence-electron chi connectivity index (χ2n) is 11.3. The molecule has 2 atom stereocenters. The Morgan fingerprint density at radius 1 is 1.03 bits per heavy atom. The summed E-state index contributed by atoms with van der Waals surface area (Å²) in [6.07, 6.45) is 1.72. The quantitative estimate of drug-likeness (QED) is 0.483. The summed E-state index contributed by atoms with van der Waals surface area (Å²) in [7, 11) is 0. The van der Waals surface area contributed by atoms with Crippen molar-refractivity contribution >= 4 is 29.7 Å². The minimum absolute atomic E-state index is 0.260. The van der Waals surface area contributed by atoms with E-state index in [1.807, 2.05) is 72.9 Å². The number of carbonyl (C=O) groups is 3. The molecule has 0 aliphatic carbocycles. The topological polar surface area (TPSA) is 87.7 Å². The monoisotopic (exact) mass is 507 g/mol. The number of nitrogens with zero attached hydrogens (tertiary/aromatic N) is 1. The van der Waals surface area contributed by atoms with E-state index in [1.54, 1.807) is 37.4 Å². The molecule has 0 saturated carbocycles. The van der Waals surface area contributed by atoms with Crippen molar-refractivity contribution in [2.45, 2.75) is 105 Å². The molecule has 0 radical (unpaired) electrons. The van der Waals surface area contributed by atoms with Crippen LogP contribution < -0.4 is 10.6 Å². The molecular formula is C27H45N3O4S. The highest BCUT2D eigenvalue weighted by atomic mass is 32.2. The highest BCUT2D eigenvalue weighted by Gasteiger charge is 2.38. The van der Waals surface area contributed by atoms with E-state index in [1.165, 1.54) is 0 Å². The molecule has 0 aliphatic rings. The zero-order chi connectivity index (χ0) is 27.1. The normalized spacial score (nSPS) is 13.7. The molecule has 0 bridgehead atoms. The number of nitrogens with one attached hydrogen (secondary N) is 2. The molecule has 8 heteroatoms. The smallest absolute Gasteiger partial charge is 0.408 e. The van der Waals surface area contributed by atoms with Gasteiger partial charge in [0.15, 0.2) is 0 Å². The van der Waals surface area contributed by atoms with Gasteiger partial charge in [0, 0.05) is 11.6 Å². The van der Waals surface area contributed by atoms with Crippen molar-refractivity contribution in [1.82, 2.24) is 15.5 Å². The fourth-order valence-corrected chi connectivity index (χ4v) is 4.09. The molecule has 35 heavy (non-hydrogen) atoms. The van der Waals surface area contributed by atoms with Crippen molar-refractivity contribution in [3.05, 3.63) is 34.9 Å². The average Bonchev–Trinajstić information content (AvgIpc) is 2.67. The van der Waals surface area contributed by atoms with Crippen molar-refractivity contribution in [2.24, 2.45) is 0 Å². The fourth-order valence-electron chi connectivity index (χ4n) is 3.61. The Morgan fingerprint density at radius 2 is 1.63 bits per heavy atom. The van der Waals surface area contributed by atoms with Gasteiger partial charge in [0.25, 0.3) is 0 Å². The zero-order valence-electron chi connectivity index (χ0n) is 23.4. The Bertz CT molecular complexity index is 887. The van der Waals surface area contributed by atoms with Crippen LogP contribution in [0.4, 0.5) is 4.79 Å². The molecule has 0 spiro atoms. The van der Waals surface area contributed by atoms with Crippen molar-refractivity contribution < 1.29 is 19.1 Å². The molecule has 0 heterocycles. The van der Waals surface area contributed by atoms with Gasteiger partial charge >= 0.3 is 6.09 Å². The van der Waals surface area contributed by atoms with Gasteiger partial charge in [-0.05, 0) is 104 Å². The van der Waals surface area contributed by atoms with E-state index < -0.39 is 29.3 Å². The summed E-state index contributed by atoms with van der Waals surface area (Å²) in [5.74, 6) is 0.0940. The molecule has 2 N–H and O–H groups in total. The first-order valence-electron chi connectivity index (χ1n) is 12.2. The Hall–Kier alpha value is -2.22. The van der Waals surface area contributed by atoms with Crippen LogP contribution in [0, 0.1) is 13.8 Å². The first kappa shape index (κ1) is 30.8.